The summed E-state index contributed by atoms with van der Waals surface area (Å²) in [5, 5.41) is 15.4. The van der Waals surface area contributed by atoms with Crippen LogP contribution in [0.4, 0.5) is 5.69 Å². The molecule has 2 aliphatic rings. The van der Waals surface area contributed by atoms with E-state index in [1.165, 1.54) is 0 Å². The highest BCUT2D eigenvalue weighted by Crippen LogP contribution is 2.39. The molecule has 22 heavy (non-hydrogen) atoms. The van der Waals surface area contributed by atoms with Crippen LogP contribution in [0.5, 0.6) is 5.88 Å². The molecule has 1 aromatic carbocycles. The number of nitrogens with two attached hydrogens (primary N) is 1. The van der Waals surface area contributed by atoms with Crippen LogP contribution in [-0.2, 0) is 0 Å². The summed E-state index contributed by atoms with van der Waals surface area (Å²) >= 11 is 0. The number of fused-ring (bicyclic) bond motifs is 1. The molecule has 3 heterocycles. The number of nitrogen functional groups attached to an aromatic ring is 1. The van der Waals surface area contributed by atoms with E-state index >= 15 is 0 Å². The Morgan fingerprint density at radius 2 is 2.09 bits per heavy atom. The number of nitrogens with one attached hydrogen (secondary N) is 1. The van der Waals surface area contributed by atoms with Gasteiger partial charge in [-0.3, -0.25) is 4.99 Å². The standard InChI is InChI=1S/C17H22N4O/c18-11-3-4-15-13(10-11)16(14-2-1-7-20-14)17(22)21(15)12-5-8-19-9-6-12/h3-4,10,12,19,22H,1-2,5-9,18H2. The number of anilines is 1. The Morgan fingerprint density at radius 3 is 2.82 bits per heavy atom. The minimum absolute atomic E-state index is 0.336. The smallest absolute Gasteiger partial charge is 0.201 e. The Kier molecular flexibility index (Phi) is 3.30. The topological polar surface area (TPSA) is 75.6 Å². The van der Waals surface area contributed by atoms with Gasteiger partial charge in [-0.2, -0.15) is 0 Å². The van der Waals surface area contributed by atoms with E-state index < -0.39 is 0 Å². The van der Waals surface area contributed by atoms with Gasteiger partial charge in [0.05, 0.1) is 11.1 Å². The van der Waals surface area contributed by atoms with Gasteiger partial charge >= 0.3 is 0 Å². The third-order valence-electron chi connectivity index (χ3n) is 4.84. The minimum Gasteiger partial charge on any atom is -0.494 e. The van der Waals surface area contributed by atoms with Crippen molar-refractivity contribution in [3.63, 3.8) is 0 Å². The van der Waals surface area contributed by atoms with Crippen molar-refractivity contribution in [1.29, 1.82) is 0 Å². The van der Waals surface area contributed by atoms with Gasteiger partial charge in [-0.25, -0.2) is 0 Å². The largest absolute Gasteiger partial charge is 0.494 e. The van der Waals surface area contributed by atoms with E-state index in [0.717, 1.165) is 73.2 Å². The molecule has 2 aliphatic heterocycles. The Hall–Kier alpha value is -2.01. The van der Waals surface area contributed by atoms with Crippen LogP contribution in [0.2, 0.25) is 0 Å². The fraction of sp³-hybridized carbons (Fsp3) is 0.471. The van der Waals surface area contributed by atoms with E-state index in [0.29, 0.717) is 11.9 Å². The predicted octanol–water partition coefficient (Wildman–Crippen LogP) is 2.44. The van der Waals surface area contributed by atoms with E-state index in [4.69, 9.17) is 5.73 Å². The van der Waals surface area contributed by atoms with Gasteiger partial charge in [0.25, 0.3) is 0 Å². The lowest BCUT2D eigenvalue weighted by Gasteiger charge is -2.25. The monoisotopic (exact) mass is 298 g/mol. The molecule has 0 unspecified atom stereocenters. The van der Waals surface area contributed by atoms with Gasteiger partial charge in [0.1, 0.15) is 0 Å². The summed E-state index contributed by atoms with van der Waals surface area (Å²) in [5.41, 5.74) is 9.72. The lowest BCUT2D eigenvalue weighted by atomic mass is 10.1. The molecule has 0 atom stereocenters. The second-order valence-electron chi connectivity index (χ2n) is 6.26. The molecule has 2 aromatic rings. The molecule has 5 nitrogen and oxygen atoms in total. The molecule has 116 valence electrons. The van der Waals surface area contributed by atoms with Gasteiger partial charge < -0.3 is 20.7 Å². The molecule has 0 spiro atoms. The summed E-state index contributed by atoms with van der Waals surface area (Å²) in [5.74, 6) is 0.369. The normalized spacial score (nSPS) is 19.7. The highest BCUT2D eigenvalue weighted by Gasteiger charge is 2.27. The van der Waals surface area contributed by atoms with Gasteiger partial charge in [-0.15, -0.1) is 0 Å². The molecule has 4 rings (SSSR count). The van der Waals surface area contributed by atoms with E-state index in [9.17, 15) is 5.11 Å². The lowest BCUT2D eigenvalue weighted by molar-refractivity contribution is 0.330. The van der Waals surface area contributed by atoms with Crippen LogP contribution >= 0.6 is 0 Å². The van der Waals surface area contributed by atoms with Crippen LogP contribution in [0.1, 0.15) is 37.3 Å². The first-order chi connectivity index (χ1) is 10.8. The Balaban J connectivity index is 1.94. The zero-order valence-electron chi connectivity index (χ0n) is 12.7. The number of hydrogen-bond acceptors (Lipinski definition) is 4. The molecular weight excluding hydrogens is 276 g/mol. The van der Waals surface area contributed by atoms with Crippen molar-refractivity contribution in [3.8, 4) is 5.88 Å². The first-order valence-electron chi connectivity index (χ1n) is 8.12. The van der Waals surface area contributed by atoms with E-state index in [-0.39, 0.29) is 0 Å². The third-order valence-corrected chi connectivity index (χ3v) is 4.84. The Morgan fingerprint density at radius 1 is 1.27 bits per heavy atom. The molecule has 0 amide bonds. The van der Waals surface area contributed by atoms with Gasteiger partial charge in [0.15, 0.2) is 0 Å². The van der Waals surface area contributed by atoms with Crippen LogP contribution in [-0.4, -0.2) is 35.0 Å². The van der Waals surface area contributed by atoms with Crippen LogP contribution in [0.25, 0.3) is 10.9 Å². The quantitative estimate of drug-likeness (QED) is 0.745. The van der Waals surface area contributed by atoms with Crippen molar-refractivity contribution in [3.05, 3.63) is 23.8 Å². The second-order valence-corrected chi connectivity index (χ2v) is 6.26. The number of nitrogens with zero attached hydrogens (tertiary/aromatic N) is 2. The third kappa shape index (κ3) is 2.08. The molecule has 0 radical (unpaired) electrons. The molecule has 0 aliphatic carbocycles. The van der Waals surface area contributed by atoms with E-state index in [1.54, 1.807) is 0 Å². The molecule has 0 saturated carbocycles. The molecular formula is C17H22N4O. The Labute approximate surface area is 129 Å². The lowest BCUT2D eigenvalue weighted by Crippen LogP contribution is -2.29. The van der Waals surface area contributed by atoms with E-state index in [2.05, 4.69) is 14.9 Å². The first-order valence-corrected chi connectivity index (χ1v) is 8.12. The summed E-state index contributed by atoms with van der Waals surface area (Å²) in [6.45, 7) is 2.85. The highest BCUT2D eigenvalue weighted by atomic mass is 16.3. The summed E-state index contributed by atoms with van der Waals surface area (Å²) in [4.78, 5) is 4.60. The SMILES string of the molecule is Nc1ccc2c(c1)c(C1=NCCC1)c(O)n2C1CCNCC1. The summed E-state index contributed by atoms with van der Waals surface area (Å²) in [7, 11) is 0. The van der Waals surface area contributed by atoms with Gasteiger partial charge in [0, 0.05) is 29.4 Å². The summed E-state index contributed by atoms with van der Waals surface area (Å²) in [6.07, 6.45) is 4.08. The average molecular weight is 298 g/mol. The summed E-state index contributed by atoms with van der Waals surface area (Å²) in [6, 6.07) is 6.26. The maximum absolute atomic E-state index is 10.9. The van der Waals surface area contributed by atoms with Gasteiger partial charge in [-0.05, 0) is 57.0 Å². The van der Waals surface area contributed by atoms with Crippen molar-refractivity contribution in [1.82, 2.24) is 9.88 Å². The summed E-state index contributed by atoms with van der Waals surface area (Å²) < 4.78 is 2.10. The minimum atomic E-state index is 0.336. The number of piperidine rings is 1. The van der Waals surface area contributed by atoms with Crippen molar-refractivity contribution in [2.45, 2.75) is 31.7 Å². The number of aromatic hydroxyl groups is 1. The van der Waals surface area contributed by atoms with Crippen molar-refractivity contribution < 1.29 is 5.11 Å². The maximum atomic E-state index is 10.9. The molecule has 1 fully saturated rings. The zero-order chi connectivity index (χ0) is 15.1. The molecule has 0 bridgehead atoms. The first kappa shape index (κ1) is 13.6. The average Bonchev–Trinajstić information content (AvgIpc) is 3.13. The van der Waals surface area contributed by atoms with Crippen LogP contribution in [0.15, 0.2) is 23.2 Å². The number of benzene rings is 1. The molecule has 1 aromatic heterocycles. The number of aliphatic imine (C=N–C) groups is 1. The zero-order valence-corrected chi connectivity index (χ0v) is 12.7. The Bertz CT molecular complexity index is 741. The molecule has 5 heteroatoms. The van der Waals surface area contributed by atoms with Gasteiger partial charge in [0.2, 0.25) is 5.88 Å². The highest BCUT2D eigenvalue weighted by molar-refractivity contribution is 6.14. The van der Waals surface area contributed by atoms with Crippen LogP contribution < -0.4 is 11.1 Å². The van der Waals surface area contributed by atoms with Crippen molar-refractivity contribution >= 4 is 22.3 Å². The second kappa shape index (κ2) is 5.32. The number of hydrogen-bond donors (Lipinski definition) is 3. The number of rotatable bonds is 2. The fourth-order valence-electron chi connectivity index (χ4n) is 3.78. The fourth-order valence-corrected chi connectivity index (χ4v) is 3.78. The van der Waals surface area contributed by atoms with Gasteiger partial charge in [-0.1, -0.05) is 0 Å². The predicted molar refractivity (Wildman–Crippen MR) is 89.8 cm³/mol. The van der Waals surface area contributed by atoms with E-state index in [1.807, 2.05) is 18.2 Å². The molecule has 1 saturated heterocycles. The van der Waals surface area contributed by atoms with Crippen LogP contribution in [0, 0.1) is 0 Å². The van der Waals surface area contributed by atoms with Crippen LogP contribution in [0.3, 0.4) is 0 Å². The number of aromatic nitrogens is 1. The van der Waals surface area contributed by atoms with Crippen molar-refractivity contribution in [2.75, 3.05) is 25.4 Å². The molecule has 4 N–H and O–H groups in total. The maximum Gasteiger partial charge on any atom is 0.201 e. The van der Waals surface area contributed by atoms with Crippen molar-refractivity contribution in [2.24, 2.45) is 4.99 Å².